The zero-order valence-corrected chi connectivity index (χ0v) is 23.0. The van der Waals surface area contributed by atoms with Crippen molar-refractivity contribution in [2.24, 2.45) is 5.92 Å². The molecule has 9 nitrogen and oxygen atoms in total. The van der Waals surface area contributed by atoms with E-state index in [0.717, 1.165) is 24.9 Å². The molecule has 1 aromatic rings. The fourth-order valence-corrected chi connectivity index (χ4v) is 4.46. The summed E-state index contributed by atoms with van der Waals surface area (Å²) in [6.45, 7) is 6.51. The molecule has 0 radical (unpaired) electrons. The fraction of sp³-hybridized carbons (Fsp3) is 0.720. The zero-order chi connectivity index (χ0) is 26.3. The Kier molecular flexibility index (Phi) is 10.8. The van der Waals surface area contributed by atoms with Gasteiger partial charge in [0.2, 0.25) is 10.0 Å². The van der Waals surface area contributed by atoms with Crippen LogP contribution >= 0.6 is 0 Å². The molecular formula is C25H43N3O6S. The number of carbonyl (C=O) groups excluding carboxylic acids is 1. The topological polar surface area (TPSA) is 99.6 Å². The number of fused-ring (bicyclic) bond motifs is 1. The van der Waals surface area contributed by atoms with E-state index in [4.69, 9.17) is 9.47 Å². The monoisotopic (exact) mass is 513 g/mol. The number of rotatable bonds is 6. The number of ether oxygens (including phenoxy) is 2. The second-order valence-electron chi connectivity index (χ2n) is 9.92. The Labute approximate surface area is 211 Å². The maximum atomic E-state index is 13.9. The maximum absolute atomic E-state index is 13.9. The van der Waals surface area contributed by atoms with Crippen LogP contribution in [0.15, 0.2) is 18.2 Å². The number of sulfonamides is 1. The number of carbonyl (C=O) groups is 1. The van der Waals surface area contributed by atoms with Crippen LogP contribution in [0.2, 0.25) is 0 Å². The molecule has 0 aliphatic carbocycles. The highest BCUT2D eigenvalue weighted by atomic mass is 32.2. The predicted octanol–water partition coefficient (Wildman–Crippen LogP) is 2.44. The van der Waals surface area contributed by atoms with Crippen molar-refractivity contribution in [1.29, 1.82) is 0 Å². The lowest BCUT2D eigenvalue weighted by Crippen LogP contribution is -2.47. The Hall–Kier alpha value is -1.88. The molecule has 0 fully saturated rings. The fourth-order valence-electron chi connectivity index (χ4n) is 4.04. The molecule has 1 heterocycles. The molecule has 0 spiro atoms. The average Bonchev–Trinajstić information content (AvgIpc) is 2.79. The lowest BCUT2D eigenvalue weighted by atomic mass is 10.0. The van der Waals surface area contributed by atoms with Gasteiger partial charge in [0.15, 0.2) is 0 Å². The first-order valence-corrected chi connectivity index (χ1v) is 14.1. The van der Waals surface area contributed by atoms with E-state index in [9.17, 15) is 18.3 Å². The summed E-state index contributed by atoms with van der Waals surface area (Å²) in [5, 5.41) is 9.96. The largest absolute Gasteiger partial charge is 0.490 e. The Morgan fingerprint density at radius 1 is 1.20 bits per heavy atom. The predicted molar refractivity (Wildman–Crippen MR) is 139 cm³/mol. The molecule has 1 aromatic carbocycles. The van der Waals surface area contributed by atoms with Crippen molar-refractivity contribution < 1.29 is 27.8 Å². The van der Waals surface area contributed by atoms with Crippen molar-refractivity contribution in [1.82, 2.24) is 9.21 Å². The smallest absolute Gasteiger partial charge is 0.258 e. The van der Waals surface area contributed by atoms with Gasteiger partial charge in [0.25, 0.3) is 5.91 Å². The minimum Gasteiger partial charge on any atom is -0.490 e. The highest BCUT2D eigenvalue weighted by Crippen LogP contribution is 2.29. The number of aliphatic hydroxyl groups is 1. The van der Waals surface area contributed by atoms with Crippen molar-refractivity contribution in [2.45, 2.75) is 58.3 Å². The van der Waals surface area contributed by atoms with Crippen LogP contribution in [0, 0.1) is 5.92 Å². The lowest BCUT2D eigenvalue weighted by molar-refractivity contribution is -0.00828. The second kappa shape index (κ2) is 12.9. The first kappa shape index (κ1) is 29.4. The quantitative estimate of drug-likeness (QED) is 0.624. The van der Waals surface area contributed by atoms with E-state index in [1.54, 1.807) is 11.8 Å². The second-order valence-corrected chi connectivity index (χ2v) is 12.0. The van der Waals surface area contributed by atoms with Crippen molar-refractivity contribution in [3.63, 3.8) is 0 Å². The number of aliphatic hydroxyl groups excluding tert-OH is 1. The molecule has 1 amide bonds. The molecule has 0 aromatic heterocycles. The number of hydrogen-bond donors (Lipinski definition) is 1. The van der Waals surface area contributed by atoms with Crippen LogP contribution in [0.1, 0.15) is 50.4 Å². The van der Waals surface area contributed by atoms with Gasteiger partial charge >= 0.3 is 0 Å². The van der Waals surface area contributed by atoms with Crippen LogP contribution in [0.3, 0.4) is 0 Å². The molecule has 0 unspecified atom stereocenters. The summed E-state index contributed by atoms with van der Waals surface area (Å²) < 4.78 is 37.8. The van der Waals surface area contributed by atoms with Crippen LogP contribution in [-0.2, 0) is 14.8 Å². The molecular weight excluding hydrogens is 470 g/mol. The number of benzene rings is 1. The third kappa shape index (κ3) is 8.34. The maximum Gasteiger partial charge on any atom is 0.258 e. The van der Waals surface area contributed by atoms with Gasteiger partial charge in [-0.3, -0.25) is 4.79 Å². The summed E-state index contributed by atoms with van der Waals surface area (Å²) in [6.07, 6.45) is 3.18. The Morgan fingerprint density at radius 2 is 1.89 bits per heavy atom. The lowest BCUT2D eigenvalue weighted by Gasteiger charge is -2.35. The zero-order valence-electron chi connectivity index (χ0n) is 22.2. The number of nitrogens with zero attached hydrogens (tertiary/aromatic N) is 3. The van der Waals surface area contributed by atoms with Gasteiger partial charge in [-0.2, -0.15) is 0 Å². The number of likely N-dealkylation sites (N-methyl/N-ethyl adjacent to an activating group) is 1. The van der Waals surface area contributed by atoms with Crippen LogP contribution in [-0.4, -0.2) is 101 Å². The van der Waals surface area contributed by atoms with Gasteiger partial charge in [0, 0.05) is 52.4 Å². The first-order chi connectivity index (χ1) is 16.3. The summed E-state index contributed by atoms with van der Waals surface area (Å²) in [5.74, 6) is 0.106. The van der Waals surface area contributed by atoms with E-state index in [-0.39, 0.29) is 31.1 Å². The Balaban J connectivity index is 2.49. The molecule has 1 aliphatic rings. The summed E-state index contributed by atoms with van der Waals surface area (Å²) in [4.78, 5) is 17.5. The minimum atomic E-state index is -3.38. The van der Waals surface area contributed by atoms with Gasteiger partial charge in [0.1, 0.15) is 5.75 Å². The Morgan fingerprint density at radius 3 is 2.49 bits per heavy atom. The summed E-state index contributed by atoms with van der Waals surface area (Å²) in [6, 6.07) is 5.14. The van der Waals surface area contributed by atoms with E-state index in [2.05, 4.69) is 0 Å². The minimum absolute atomic E-state index is 0.0931. The number of anilines is 1. The van der Waals surface area contributed by atoms with Gasteiger partial charge in [-0.25, -0.2) is 12.7 Å². The van der Waals surface area contributed by atoms with E-state index >= 15 is 0 Å². The standard InChI is InChI=1S/C25H43N3O6S/c1-18-15-28(19(2)17-29)25(30)22-14-21(26(4)5)11-12-23(22)34-20(3)10-8-9-13-33-24(18)16-27(6)35(7,31)32/h11-12,14,18-20,24,29H,8-10,13,15-17H2,1-7H3/t18-,19+,20-,24-/m1/s1. The van der Waals surface area contributed by atoms with Gasteiger partial charge < -0.3 is 24.4 Å². The molecule has 1 N–H and O–H groups in total. The third-order valence-electron chi connectivity index (χ3n) is 6.55. The van der Waals surface area contributed by atoms with Crippen LogP contribution in [0.5, 0.6) is 5.75 Å². The Bertz CT molecular complexity index is 939. The average molecular weight is 514 g/mol. The molecule has 10 heteroatoms. The van der Waals surface area contributed by atoms with Gasteiger partial charge in [-0.1, -0.05) is 6.92 Å². The highest BCUT2D eigenvalue weighted by molar-refractivity contribution is 7.88. The number of amides is 1. The van der Waals surface area contributed by atoms with Gasteiger partial charge in [-0.05, 0) is 51.3 Å². The first-order valence-electron chi connectivity index (χ1n) is 12.3. The normalized spacial score (nSPS) is 23.9. The van der Waals surface area contributed by atoms with Crippen molar-refractivity contribution >= 4 is 21.6 Å². The van der Waals surface area contributed by atoms with Crippen molar-refractivity contribution in [3.05, 3.63) is 23.8 Å². The van der Waals surface area contributed by atoms with Crippen molar-refractivity contribution in [2.75, 3.05) is 58.6 Å². The van der Waals surface area contributed by atoms with E-state index < -0.39 is 22.2 Å². The molecule has 2 rings (SSSR count). The molecule has 0 saturated carbocycles. The summed E-state index contributed by atoms with van der Waals surface area (Å²) >= 11 is 0. The van der Waals surface area contributed by atoms with E-state index in [0.29, 0.717) is 24.5 Å². The molecule has 0 bridgehead atoms. The summed E-state index contributed by atoms with van der Waals surface area (Å²) in [7, 11) is 1.98. The highest BCUT2D eigenvalue weighted by Gasteiger charge is 2.31. The molecule has 200 valence electrons. The van der Waals surface area contributed by atoms with Crippen LogP contribution in [0.25, 0.3) is 0 Å². The van der Waals surface area contributed by atoms with E-state index in [1.807, 2.05) is 51.0 Å². The summed E-state index contributed by atoms with van der Waals surface area (Å²) in [5.41, 5.74) is 1.31. The molecule has 35 heavy (non-hydrogen) atoms. The number of hydrogen-bond acceptors (Lipinski definition) is 7. The van der Waals surface area contributed by atoms with Gasteiger partial charge in [-0.15, -0.1) is 0 Å². The third-order valence-corrected chi connectivity index (χ3v) is 7.84. The SMILES string of the molecule is C[C@@H]1CCCCO[C@H](CN(C)S(C)(=O)=O)[C@H](C)CN([C@@H](C)CO)C(=O)c2cc(N(C)C)ccc2O1. The van der Waals surface area contributed by atoms with Crippen LogP contribution < -0.4 is 9.64 Å². The van der Waals surface area contributed by atoms with E-state index in [1.165, 1.54) is 17.6 Å². The van der Waals surface area contributed by atoms with Crippen molar-refractivity contribution in [3.8, 4) is 5.75 Å². The molecule has 1 aliphatic heterocycles. The molecule has 4 atom stereocenters. The van der Waals surface area contributed by atoms with Gasteiger partial charge in [0.05, 0.1) is 36.7 Å². The molecule has 0 saturated heterocycles. The van der Waals surface area contributed by atoms with Crippen LogP contribution in [0.4, 0.5) is 5.69 Å².